The molecule has 2 rings (SSSR count). The van der Waals surface area contributed by atoms with Gasteiger partial charge in [-0.3, -0.25) is 4.98 Å². The van der Waals surface area contributed by atoms with E-state index >= 15 is 0 Å². The normalized spacial score (nSPS) is 10.3. The standard InChI is InChI=1S/C13H12FN/c1-2-10-7-12(9-15-8-10)11-3-5-13(14)6-4-11/h3-9H,2H2,1H3. The molecule has 0 amide bonds. The zero-order valence-electron chi connectivity index (χ0n) is 8.57. The summed E-state index contributed by atoms with van der Waals surface area (Å²) < 4.78 is 12.7. The molecule has 1 nitrogen and oxygen atoms in total. The lowest BCUT2D eigenvalue weighted by atomic mass is 10.1. The minimum Gasteiger partial charge on any atom is -0.264 e. The quantitative estimate of drug-likeness (QED) is 0.725. The number of nitrogens with zero attached hydrogens (tertiary/aromatic N) is 1. The molecule has 0 bridgehead atoms. The van der Waals surface area contributed by atoms with Crippen molar-refractivity contribution < 1.29 is 4.39 Å². The Balaban J connectivity index is 2.40. The van der Waals surface area contributed by atoms with Crippen LogP contribution >= 0.6 is 0 Å². The molecule has 0 atom stereocenters. The van der Waals surface area contributed by atoms with Crippen LogP contribution in [0, 0.1) is 5.82 Å². The topological polar surface area (TPSA) is 12.9 Å². The van der Waals surface area contributed by atoms with Gasteiger partial charge in [0, 0.05) is 18.0 Å². The van der Waals surface area contributed by atoms with E-state index in [2.05, 4.69) is 18.0 Å². The maximum Gasteiger partial charge on any atom is 0.123 e. The minimum absolute atomic E-state index is 0.210. The lowest BCUT2D eigenvalue weighted by Gasteiger charge is -2.02. The molecule has 0 aliphatic rings. The molecule has 0 fully saturated rings. The van der Waals surface area contributed by atoms with Crippen LogP contribution in [0.15, 0.2) is 42.7 Å². The third-order valence-electron chi connectivity index (χ3n) is 2.38. The molecule has 1 heterocycles. The number of hydrogen-bond donors (Lipinski definition) is 0. The summed E-state index contributed by atoms with van der Waals surface area (Å²) in [4.78, 5) is 4.16. The average molecular weight is 201 g/mol. The number of aryl methyl sites for hydroxylation is 1. The van der Waals surface area contributed by atoms with Crippen molar-refractivity contribution in [1.29, 1.82) is 0 Å². The molecule has 15 heavy (non-hydrogen) atoms. The molecule has 0 saturated heterocycles. The Morgan fingerprint density at radius 3 is 2.47 bits per heavy atom. The highest BCUT2D eigenvalue weighted by atomic mass is 19.1. The SMILES string of the molecule is CCc1cncc(-c2ccc(F)cc2)c1. The van der Waals surface area contributed by atoms with E-state index in [9.17, 15) is 4.39 Å². The van der Waals surface area contributed by atoms with Crippen LogP contribution in [0.4, 0.5) is 4.39 Å². The Hall–Kier alpha value is -1.70. The molecule has 0 aliphatic heterocycles. The van der Waals surface area contributed by atoms with Crippen molar-refractivity contribution >= 4 is 0 Å². The van der Waals surface area contributed by atoms with E-state index in [-0.39, 0.29) is 5.82 Å². The number of halogens is 1. The van der Waals surface area contributed by atoms with Gasteiger partial charge in [-0.05, 0) is 35.7 Å². The first-order valence-corrected chi connectivity index (χ1v) is 4.99. The molecule has 0 saturated carbocycles. The van der Waals surface area contributed by atoms with Crippen molar-refractivity contribution in [2.45, 2.75) is 13.3 Å². The van der Waals surface area contributed by atoms with E-state index in [1.165, 1.54) is 17.7 Å². The van der Waals surface area contributed by atoms with Crippen molar-refractivity contribution in [2.75, 3.05) is 0 Å². The maximum atomic E-state index is 12.7. The summed E-state index contributed by atoms with van der Waals surface area (Å²) in [7, 11) is 0. The summed E-state index contributed by atoms with van der Waals surface area (Å²) >= 11 is 0. The molecule has 0 N–H and O–H groups in total. The highest BCUT2D eigenvalue weighted by molar-refractivity contribution is 5.62. The summed E-state index contributed by atoms with van der Waals surface area (Å²) in [6.07, 6.45) is 4.61. The molecule has 2 aromatic rings. The number of benzene rings is 1. The highest BCUT2D eigenvalue weighted by Gasteiger charge is 1.99. The second kappa shape index (κ2) is 4.22. The predicted molar refractivity (Wildman–Crippen MR) is 59.0 cm³/mol. The Labute approximate surface area is 88.6 Å². The number of hydrogen-bond acceptors (Lipinski definition) is 1. The zero-order valence-corrected chi connectivity index (χ0v) is 8.57. The van der Waals surface area contributed by atoms with Gasteiger partial charge in [-0.15, -0.1) is 0 Å². The van der Waals surface area contributed by atoms with Gasteiger partial charge in [0.1, 0.15) is 5.82 Å². The molecule has 2 heteroatoms. The molecular formula is C13H12FN. The average Bonchev–Trinajstić information content (AvgIpc) is 2.30. The fraction of sp³-hybridized carbons (Fsp3) is 0.154. The summed E-state index contributed by atoms with van der Waals surface area (Å²) in [6.45, 7) is 2.09. The van der Waals surface area contributed by atoms with Crippen LogP contribution in [0.5, 0.6) is 0 Å². The lowest BCUT2D eigenvalue weighted by Crippen LogP contribution is -1.85. The van der Waals surface area contributed by atoms with Gasteiger partial charge in [0.05, 0.1) is 0 Å². The van der Waals surface area contributed by atoms with E-state index < -0.39 is 0 Å². The van der Waals surface area contributed by atoms with Gasteiger partial charge in [-0.1, -0.05) is 19.1 Å². The highest BCUT2D eigenvalue weighted by Crippen LogP contribution is 2.19. The zero-order chi connectivity index (χ0) is 10.7. The van der Waals surface area contributed by atoms with Crippen LogP contribution < -0.4 is 0 Å². The van der Waals surface area contributed by atoms with E-state index in [0.717, 1.165) is 17.5 Å². The number of rotatable bonds is 2. The Bertz CT molecular complexity index is 448. The van der Waals surface area contributed by atoms with Crippen molar-refractivity contribution in [1.82, 2.24) is 4.98 Å². The summed E-state index contributed by atoms with van der Waals surface area (Å²) in [5.74, 6) is -0.210. The molecular weight excluding hydrogens is 189 g/mol. The molecule has 0 unspecified atom stereocenters. The second-order valence-electron chi connectivity index (χ2n) is 3.44. The van der Waals surface area contributed by atoms with Crippen LogP contribution in [-0.2, 0) is 6.42 Å². The lowest BCUT2D eigenvalue weighted by molar-refractivity contribution is 0.628. The Kier molecular flexibility index (Phi) is 2.77. The van der Waals surface area contributed by atoms with Gasteiger partial charge in [-0.25, -0.2) is 4.39 Å². The van der Waals surface area contributed by atoms with Gasteiger partial charge < -0.3 is 0 Å². The molecule has 0 spiro atoms. The van der Waals surface area contributed by atoms with E-state index in [4.69, 9.17) is 0 Å². The van der Waals surface area contributed by atoms with Gasteiger partial charge in [0.25, 0.3) is 0 Å². The van der Waals surface area contributed by atoms with E-state index in [1.54, 1.807) is 18.3 Å². The van der Waals surface area contributed by atoms with Gasteiger partial charge in [0.2, 0.25) is 0 Å². The van der Waals surface area contributed by atoms with Crippen LogP contribution in [0.1, 0.15) is 12.5 Å². The molecule has 0 aliphatic carbocycles. The first kappa shape index (κ1) is 9.84. The van der Waals surface area contributed by atoms with Crippen LogP contribution in [-0.4, -0.2) is 4.98 Å². The Morgan fingerprint density at radius 1 is 1.07 bits per heavy atom. The van der Waals surface area contributed by atoms with E-state index in [0.29, 0.717) is 0 Å². The monoisotopic (exact) mass is 201 g/mol. The third-order valence-corrected chi connectivity index (χ3v) is 2.38. The van der Waals surface area contributed by atoms with Crippen LogP contribution in [0.3, 0.4) is 0 Å². The maximum absolute atomic E-state index is 12.7. The molecule has 1 aromatic heterocycles. The number of aromatic nitrogens is 1. The fourth-order valence-electron chi connectivity index (χ4n) is 1.48. The third kappa shape index (κ3) is 2.21. The first-order chi connectivity index (χ1) is 7.29. The Morgan fingerprint density at radius 2 is 1.80 bits per heavy atom. The van der Waals surface area contributed by atoms with Crippen molar-refractivity contribution in [3.8, 4) is 11.1 Å². The predicted octanol–water partition coefficient (Wildman–Crippen LogP) is 3.45. The minimum atomic E-state index is -0.210. The number of pyridine rings is 1. The first-order valence-electron chi connectivity index (χ1n) is 4.99. The van der Waals surface area contributed by atoms with Crippen LogP contribution in [0.25, 0.3) is 11.1 Å². The smallest absolute Gasteiger partial charge is 0.123 e. The van der Waals surface area contributed by atoms with Crippen molar-refractivity contribution in [3.05, 3.63) is 54.1 Å². The van der Waals surface area contributed by atoms with Crippen molar-refractivity contribution in [3.63, 3.8) is 0 Å². The largest absolute Gasteiger partial charge is 0.264 e. The van der Waals surface area contributed by atoms with E-state index in [1.807, 2.05) is 6.20 Å². The van der Waals surface area contributed by atoms with Gasteiger partial charge >= 0.3 is 0 Å². The van der Waals surface area contributed by atoms with Crippen molar-refractivity contribution in [2.24, 2.45) is 0 Å². The molecule has 0 radical (unpaired) electrons. The van der Waals surface area contributed by atoms with Crippen LogP contribution in [0.2, 0.25) is 0 Å². The summed E-state index contributed by atoms with van der Waals surface area (Å²) in [5.41, 5.74) is 3.23. The van der Waals surface area contributed by atoms with Gasteiger partial charge in [0.15, 0.2) is 0 Å². The summed E-state index contributed by atoms with van der Waals surface area (Å²) in [5, 5.41) is 0. The summed E-state index contributed by atoms with van der Waals surface area (Å²) in [6, 6.07) is 8.56. The second-order valence-corrected chi connectivity index (χ2v) is 3.44. The molecule has 76 valence electrons. The molecule has 1 aromatic carbocycles. The van der Waals surface area contributed by atoms with Gasteiger partial charge in [-0.2, -0.15) is 0 Å². The fourth-order valence-corrected chi connectivity index (χ4v) is 1.48.